The van der Waals surface area contributed by atoms with Gasteiger partial charge in [0.25, 0.3) is 0 Å². The fraction of sp³-hybridized carbons (Fsp3) is 0.647. The molecule has 174 valence electrons. The molecule has 1 fully saturated rings. The van der Waals surface area contributed by atoms with Crippen LogP contribution in [0.1, 0.15) is 32.1 Å². The second kappa shape index (κ2) is 12.7. The van der Waals surface area contributed by atoms with Crippen molar-refractivity contribution >= 4 is 48.2 Å². The lowest BCUT2D eigenvalue weighted by atomic mass is 10.1. The number of carboxylic acids is 2. The summed E-state index contributed by atoms with van der Waals surface area (Å²) in [6, 6.07) is -4.73. The quantitative estimate of drug-likeness (QED) is 0.130. The van der Waals surface area contributed by atoms with Crippen LogP contribution in [0.3, 0.4) is 0 Å². The first-order chi connectivity index (χ1) is 14.5. The van der Waals surface area contributed by atoms with Crippen molar-refractivity contribution in [3.05, 3.63) is 0 Å². The fourth-order valence-electron chi connectivity index (χ4n) is 2.86. The van der Waals surface area contributed by atoms with Crippen molar-refractivity contribution in [2.45, 2.75) is 56.3 Å². The summed E-state index contributed by atoms with van der Waals surface area (Å²) in [5.41, 5.74) is 5.11. The van der Waals surface area contributed by atoms with Crippen molar-refractivity contribution in [1.29, 1.82) is 0 Å². The van der Waals surface area contributed by atoms with Gasteiger partial charge in [0.1, 0.15) is 18.1 Å². The van der Waals surface area contributed by atoms with Gasteiger partial charge in [-0.2, -0.15) is 12.6 Å². The van der Waals surface area contributed by atoms with E-state index in [9.17, 15) is 28.8 Å². The number of nitrogens with two attached hydrogens (primary N) is 1. The molecule has 4 amide bonds. The van der Waals surface area contributed by atoms with Crippen molar-refractivity contribution in [2.75, 3.05) is 12.3 Å². The van der Waals surface area contributed by atoms with Gasteiger partial charge >= 0.3 is 11.9 Å². The van der Waals surface area contributed by atoms with Gasteiger partial charge in [0.05, 0.1) is 12.5 Å². The number of thiol groups is 1. The van der Waals surface area contributed by atoms with Crippen LogP contribution in [0.5, 0.6) is 0 Å². The average molecular weight is 461 g/mol. The SMILES string of the molecule is NC(=O)CC(NC(=O)C(CCC(=O)O)NC(=O)C1CCCN1)C(=O)NC(CS)C(=O)O. The van der Waals surface area contributed by atoms with E-state index in [0.29, 0.717) is 13.0 Å². The molecule has 1 aliphatic heterocycles. The Morgan fingerprint density at radius 1 is 1.00 bits per heavy atom. The number of carbonyl (C=O) groups is 6. The number of rotatable bonds is 13. The van der Waals surface area contributed by atoms with Crippen molar-refractivity contribution in [3.8, 4) is 0 Å². The van der Waals surface area contributed by atoms with Crippen LogP contribution in [-0.4, -0.2) is 82.2 Å². The van der Waals surface area contributed by atoms with Gasteiger partial charge in [-0.3, -0.25) is 24.0 Å². The summed E-state index contributed by atoms with van der Waals surface area (Å²) in [5, 5.41) is 27.7. The molecule has 0 radical (unpaired) electrons. The molecular formula is C17H27N5O8S. The van der Waals surface area contributed by atoms with Gasteiger partial charge in [0.15, 0.2) is 0 Å². The van der Waals surface area contributed by atoms with E-state index >= 15 is 0 Å². The molecule has 0 spiro atoms. The number of carbonyl (C=O) groups excluding carboxylic acids is 4. The van der Waals surface area contributed by atoms with Crippen LogP contribution in [0.2, 0.25) is 0 Å². The third-order valence-corrected chi connectivity index (χ3v) is 4.86. The molecular weight excluding hydrogens is 434 g/mol. The maximum absolute atomic E-state index is 12.7. The highest BCUT2D eigenvalue weighted by molar-refractivity contribution is 7.80. The number of carboxylic acid groups (broad SMARTS) is 2. The Hall–Kier alpha value is -2.87. The molecule has 1 saturated heterocycles. The normalized spacial score (nSPS) is 18.3. The molecule has 13 nitrogen and oxygen atoms in total. The zero-order valence-electron chi connectivity index (χ0n) is 16.6. The number of hydrogen-bond acceptors (Lipinski definition) is 8. The van der Waals surface area contributed by atoms with Crippen LogP contribution in [0.4, 0.5) is 0 Å². The van der Waals surface area contributed by atoms with Gasteiger partial charge in [-0.15, -0.1) is 0 Å². The Morgan fingerprint density at radius 3 is 2.10 bits per heavy atom. The van der Waals surface area contributed by atoms with Crippen LogP contribution in [-0.2, 0) is 28.8 Å². The largest absolute Gasteiger partial charge is 0.481 e. The highest BCUT2D eigenvalue weighted by Gasteiger charge is 2.32. The van der Waals surface area contributed by atoms with Crippen LogP contribution >= 0.6 is 12.6 Å². The summed E-state index contributed by atoms with van der Waals surface area (Å²) < 4.78 is 0. The van der Waals surface area contributed by atoms with E-state index in [4.69, 9.17) is 15.9 Å². The standard InChI is InChI=1S/C17H27N5O8S/c18-12(23)6-10(16(28)22-11(7-31)17(29)30)21-15(27)9(3-4-13(24)25)20-14(26)8-2-1-5-19-8/h8-11,19,31H,1-7H2,(H2,18,23)(H,20,26)(H,21,27)(H,22,28)(H,24,25)(H,29,30). The molecule has 4 unspecified atom stereocenters. The third-order valence-electron chi connectivity index (χ3n) is 4.49. The van der Waals surface area contributed by atoms with Gasteiger partial charge in [-0.05, 0) is 25.8 Å². The Morgan fingerprint density at radius 2 is 1.61 bits per heavy atom. The second-order valence-corrected chi connectivity index (χ2v) is 7.32. The minimum absolute atomic E-state index is 0.246. The van der Waals surface area contributed by atoms with E-state index in [-0.39, 0.29) is 12.2 Å². The molecule has 4 atom stereocenters. The van der Waals surface area contributed by atoms with Crippen LogP contribution in [0.15, 0.2) is 0 Å². The predicted molar refractivity (Wildman–Crippen MR) is 109 cm³/mol. The maximum Gasteiger partial charge on any atom is 0.327 e. The first kappa shape index (κ1) is 26.2. The molecule has 1 rings (SSSR count). The average Bonchev–Trinajstić information content (AvgIpc) is 3.22. The molecule has 0 bridgehead atoms. The number of nitrogens with one attached hydrogen (secondary N) is 4. The van der Waals surface area contributed by atoms with Crippen LogP contribution < -0.4 is 27.0 Å². The summed E-state index contributed by atoms with van der Waals surface area (Å²) in [5.74, 6) is -6.16. The summed E-state index contributed by atoms with van der Waals surface area (Å²) in [6.07, 6.45) is -0.0317. The van der Waals surface area contributed by atoms with Crippen molar-refractivity contribution in [3.63, 3.8) is 0 Å². The van der Waals surface area contributed by atoms with E-state index in [0.717, 1.165) is 6.42 Å². The molecule has 0 aromatic carbocycles. The van der Waals surface area contributed by atoms with Crippen molar-refractivity contribution < 1.29 is 39.0 Å². The monoisotopic (exact) mass is 461 g/mol. The Kier molecular flexibility index (Phi) is 10.8. The second-order valence-electron chi connectivity index (χ2n) is 6.96. The summed E-state index contributed by atoms with van der Waals surface area (Å²) in [7, 11) is 0. The summed E-state index contributed by atoms with van der Waals surface area (Å²) >= 11 is 3.81. The molecule has 1 heterocycles. The smallest absolute Gasteiger partial charge is 0.327 e. The summed E-state index contributed by atoms with van der Waals surface area (Å²) in [4.78, 5) is 70.7. The van der Waals surface area contributed by atoms with Gasteiger partial charge < -0.3 is 37.2 Å². The molecule has 0 saturated carbocycles. The molecule has 8 N–H and O–H groups in total. The summed E-state index contributed by atoms with van der Waals surface area (Å²) in [6.45, 7) is 0.626. The van der Waals surface area contributed by atoms with Crippen molar-refractivity contribution in [2.24, 2.45) is 5.73 Å². The van der Waals surface area contributed by atoms with Gasteiger partial charge in [0, 0.05) is 12.2 Å². The number of hydrogen-bond donors (Lipinski definition) is 8. The van der Waals surface area contributed by atoms with Gasteiger partial charge in [0.2, 0.25) is 23.6 Å². The van der Waals surface area contributed by atoms with E-state index in [2.05, 4.69) is 33.9 Å². The lowest BCUT2D eigenvalue weighted by Crippen LogP contribution is -2.58. The van der Waals surface area contributed by atoms with Crippen LogP contribution in [0, 0.1) is 0 Å². The first-order valence-electron chi connectivity index (χ1n) is 9.53. The van der Waals surface area contributed by atoms with E-state index in [1.54, 1.807) is 0 Å². The molecule has 0 aliphatic carbocycles. The van der Waals surface area contributed by atoms with Gasteiger partial charge in [-0.1, -0.05) is 0 Å². The highest BCUT2D eigenvalue weighted by Crippen LogP contribution is 2.07. The Bertz CT molecular complexity index is 713. The lowest BCUT2D eigenvalue weighted by Gasteiger charge is -2.24. The molecule has 0 aromatic rings. The van der Waals surface area contributed by atoms with E-state index in [1.807, 2.05) is 0 Å². The molecule has 31 heavy (non-hydrogen) atoms. The van der Waals surface area contributed by atoms with E-state index < -0.39 is 72.6 Å². The predicted octanol–water partition coefficient (Wildman–Crippen LogP) is -3.05. The highest BCUT2D eigenvalue weighted by atomic mass is 32.1. The Labute approximate surface area is 183 Å². The zero-order valence-corrected chi connectivity index (χ0v) is 17.5. The zero-order chi connectivity index (χ0) is 23.6. The topological polar surface area (TPSA) is 217 Å². The molecule has 0 aromatic heterocycles. The van der Waals surface area contributed by atoms with Crippen LogP contribution in [0.25, 0.3) is 0 Å². The maximum atomic E-state index is 12.7. The molecule has 1 aliphatic rings. The number of primary amides is 1. The third kappa shape index (κ3) is 9.21. The minimum atomic E-state index is -1.53. The van der Waals surface area contributed by atoms with Gasteiger partial charge in [-0.25, -0.2) is 4.79 Å². The fourth-order valence-corrected chi connectivity index (χ4v) is 3.11. The van der Waals surface area contributed by atoms with Crippen molar-refractivity contribution in [1.82, 2.24) is 21.3 Å². The van der Waals surface area contributed by atoms with E-state index in [1.165, 1.54) is 0 Å². The molecule has 14 heteroatoms. The number of aliphatic carboxylic acids is 2. The lowest BCUT2D eigenvalue weighted by molar-refractivity contribution is -0.141. The minimum Gasteiger partial charge on any atom is -0.481 e. The number of amides is 4. The first-order valence-corrected chi connectivity index (χ1v) is 10.2. The Balaban J connectivity index is 2.91.